The molecule has 1 fully saturated rings. The predicted molar refractivity (Wildman–Crippen MR) is 130 cm³/mol. The van der Waals surface area contributed by atoms with Crippen LogP contribution in [0.4, 0.5) is 0 Å². The zero-order valence-electron chi connectivity index (χ0n) is 20.9. The van der Waals surface area contributed by atoms with Crippen molar-refractivity contribution in [1.29, 1.82) is 0 Å². The minimum absolute atomic E-state index is 0.334. The maximum atomic E-state index is 13.4. The van der Waals surface area contributed by atoms with Crippen LogP contribution in [0.15, 0.2) is 54.6 Å². The number of nitrogens with one attached hydrogen (secondary N) is 2. The molecular formula is C25H34N4O6. The summed E-state index contributed by atoms with van der Waals surface area (Å²) in [6.45, 7) is 2.55. The molecule has 1 atom stereocenters. The van der Waals surface area contributed by atoms with Gasteiger partial charge in [0.15, 0.2) is 0 Å². The Morgan fingerprint density at radius 1 is 0.743 bits per heavy atom. The van der Waals surface area contributed by atoms with Crippen LogP contribution in [0.1, 0.15) is 20.7 Å². The molecule has 2 amide bonds. The molecule has 0 aliphatic carbocycles. The molecule has 1 saturated heterocycles. The average molecular weight is 487 g/mol. The van der Waals surface area contributed by atoms with Crippen LogP contribution in [-0.2, 0) is 14.2 Å². The van der Waals surface area contributed by atoms with Crippen molar-refractivity contribution < 1.29 is 28.5 Å². The van der Waals surface area contributed by atoms with Crippen molar-refractivity contribution in [3.8, 4) is 5.75 Å². The number of hydrogen-bond donors (Lipinski definition) is 2. The van der Waals surface area contributed by atoms with E-state index in [0.29, 0.717) is 30.0 Å². The summed E-state index contributed by atoms with van der Waals surface area (Å²) >= 11 is 0. The fraction of sp³-hybridized carbons (Fsp3) is 0.440. The number of ether oxygens (including phenoxy) is 4. The molecule has 2 aromatic rings. The van der Waals surface area contributed by atoms with Gasteiger partial charge in [-0.1, -0.05) is 18.2 Å². The normalized spacial score (nSPS) is 16.8. The van der Waals surface area contributed by atoms with Crippen LogP contribution >= 0.6 is 0 Å². The van der Waals surface area contributed by atoms with Gasteiger partial charge in [-0.3, -0.25) is 9.59 Å². The molecule has 1 aliphatic heterocycles. The van der Waals surface area contributed by atoms with E-state index in [1.807, 2.05) is 18.0 Å². The second-order valence-corrected chi connectivity index (χ2v) is 8.17. The number of piperazine rings is 1. The zero-order valence-corrected chi connectivity index (χ0v) is 20.9. The van der Waals surface area contributed by atoms with E-state index in [-0.39, 0.29) is 0 Å². The maximum Gasteiger partial charge on any atom is 0.301 e. The monoisotopic (exact) mass is 486 g/mol. The van der Waals surface area contributed by atoms with Gasteiger partial charge in [0, 0.05) is 58.6 Å². The first-order chi connectivity index (χ1) is 16.8. The first kappa shape index (κ1) is 26.6. The summed E-state index contributed by atoms with van der Waals surface area (Å²) in [5.41, 5.74) is 0.716. The number of nitrogens with zero attached hydrogens (tertiary/aromatic N) is 2. The van der Waals surface area contributed by atoms with Gasteiger partial charge in [0.05, 0.1) is 7.11 Å². The van der Waals surface area contributed by atoms with E-state index in [1.54, 1.807) is 55.6 Å². The van der Waals surface area contributed by atoms with Crippen LogP contribution in [0.5, 0.6) is 5.75 Å². The average Bonchev–Trinajstić information content (AvgIpc) is 2.90. The second kappa shape index (κ2) is 11.6. The third-order valence-electron chi connectivity index (χ3n) is 6.19. The van der Waals surface area contributed by atoms with Gasteiger partial charge in [0.2, 0.25) is 0 Å². The molecular weight excluding hydrogens is 452 g/mol. The number of likely N-dealkylation sites (N-methyl/N-ethyl adjacent to an activating group) is 1. The molecule has 0 saturated carbocycles. The number of methoxy groups -OCH3 is 4. The van der Waals surface area contributed by atoms with Crippen molar-refractivity contribution in [2.45, 2.75) is 11.8 Å². The van der Waals surface area contributed by atoms with Crippen LogP contribution < -0.4 is 15.4 Å². The summed E-state index contributed by atoms with van der Waals surface area (Å²) in [5, 5.41) is 5.69. The van der Waals surface area contributed by atoms with Gasteiger partial charge >= 0.3 is 5.91 Å². The van der Waals surface area contributed by atoms with Crippen LogP contribution in [-0.4, -0.2) is 95.0 Å². The Morgan fingerprint density at radius 3 is 1.71 bits per heavy atom. The predicted octanol–water partition coefficient (Wildman–Crippen LogP) is 1.35. The molecule has 0 spiro atoms. The van der Waals surface area contributed by atoms with E-state index in [0.717, 1.165) is 13.1 Å². The zero-order chi connectivity index (χ0) is 25.5. The number of amides is 2. The lowest BCUT2D eigenvalue weighted by atomic mass is 10.1. The Kier molecular flexibility index (Phi) is 8.82. The van der Waals surface area contributed by atoms with Crippen molar-refractivity contribution in [2.24, 2.45) is 0 Å². The Morgan fingerprint density at radius 2 is 1.26 bits per heavy atom. The molecule has 10 heteroatoms. The third kappa shape index (κ3) is 5.47. The number of hydrogen-bond acceptors (Lipinski definition) is 8. The third-order valence-corrected chi connectivity index (χ3v) is 6.19. The highest BCUT2D eigenvalue weighted by Gasteiger charge is 2.61. The fourth-order valence-corrected chi connectivity index (χ4v) is 4.17. The summed E-state index contributed by atoms with van der Waals surface area (Å²) in [4.78, 5) is 30.8. The highest BCUT2D eigenvalue weighted by molar-refractivity contribution is 5.97. The van der Waals surface area contributed by atoms with E-state index >= 15 is 0 Å². The molecule has 10 nitrogen and oxygen atoms in total. The SMILES string of the molecule is COc1ccc(C(=O)NC(NC(=O)c2ccccc2)(OC)C(OC)(OC)N2CCN(C)CC2)cc1. The molecule has 190 valence electrons. The van der Waals surface area contributed by atoms with Gasteiger partial charge in [-0.05, 0) is 43.4 Å². The van der Waals surface area contributed by atoms with Crippen molar-refractivity contribution in [1.82, 2.24) is 20.4 Å². The number of rotatable bonds is 10. The molecule has 0 aromatic heterocycles. The van der Waals surface area contributed by atoms with Crippen LogP contribution in [0, 0.1) is 0 Å². The van der Waals surface area contributed by atoms with Crippen molar-refractivity contribution in [3.05, 3.63) is 65.7 Å². The Balaban J connectivity index is 2.05. The van der Waals surface area contributed by atoms with E-state index < -0.39 is 23.6 Å². The first-order valence-electron chi connectivity index (χ1n) is 11.3. The molecule has 2 N–H and O–H groups in total. The van der Waals surface area contributed by atoms with E-state index in [9.17, 15) is 9.59 Å². The Bertz CT molecular complexity index is 975. The van der Waals surface area contributed by atoms with E-state index in [2.05, 4.69) is 15.5 Å². The molecule has 1 heterocycles. The highest BCUT2D eigenvalue weighted by atomic mass is 16.7. The number of benzene rings is 2. The van der Waals surface area contributed by atoms with Gasteiger partial charge in [-0.15, -0.1) is 0 Å². The minimum Gasteiger partial charge on any atom is -0.497 e. The number of carbonyl (C=O) groups is 2. The highest BCUT2D eigenvalue weighted by Crippen LogP contribution is 2.32. The van der Waals surface area contributed by atoms with Gasteiger partial charge in [-0.2, -0.15) is 0 Å². The van der Waals surface area contributed by atoms with Gasteiger partial charge < -0.3 is 34.5 Å². The molecule has 0 radical (unpaired) electrons. The van der Waals surface area contributed by atoms with Crippen LogP contribution in [0.3, 0.4) is 0 Å². The molecule has 1 unspecified atom stereocenters. The van der Waals surface area contributed by atoms with Crippen molar-refractivity contribution >= 4 is 11.8 Å². The molecule has 2 aromatic carbocycles. The van der Waals surface area contributed by atoms with E-state index in [1.165, 1.54) is 21.3 Å². The lowest BCUT2D eigenvalue weighted by Gasteiger charge is -2.53. The second-order valence-electron chi connectivity index (χ2n) is 8.17. The smallest absolute Gasteiger partial charge is 0.301 e. The lowest BCUT2D eigenvalue weighted by Crippen LogP contribution is -2.81. The number of carbonyl (C=O) groups excluding carboxylic acids is 2. The van der Waals surface area contributed by atoms with Gasteiger partial charge in [-0.25, -0.2) is 4.90 Å². The Labute approximate surface area is 206 Å². The lowest BCUT2D eigenvalue weighted by molar-refractivity contribution is -0.389. The Hall–Kier alpha value is -3.02. The molecule has 0 bridgehead atoms. The first-order valence-corrected chi connectivity index (χ1v) is 11.3. The van der Waals surface area contributed by atoms with Crippen LogP contribution in [0.25, 0.3) is 0 Å². The summed E-state index contributed by atoms with van der Waals surface area (Å²) in [6.07, 6.45) is 0. The molecule has 3 rings (SSSR count). The van der Waals surface area contributed by atoms with Gasteiger partial charge in [0.25, 0.3) is 17.7 Å². The minimum atomic E-state index is -1.92. The van der Waals surface area contributed by atoms with E-state index in [4.69, 9.17) is 18.9 Å². The quantitative estimate of drug-likeness (QED) is 0.486. The van der Waals surface area contributed by atoms with Crippen LogP contribution in [0.2, 0.25) is 0 Å². The fourth-order valence-electron chi connectivity index (χ4n) is 4.17. The summed E-state index contributed by atoms with van der Waals surface area (Å²) in [5.74, 6) is -3.98. The summed E-state index contributed by atoms with van der Waals surface area (Å²) in [6, 6.07) is 15.2. The van der Waals surface area contributed by atoms with Gasteiger partial charge in [0.1, 0.15) is 5.75 Å². The molecule has 35 heavy (non-hydrogen) atoms. The standard InChI is InChI=1S/C25H34N4O6/c1-28-15-17-29(18-16-28)25(34-4,35-5)24(33-3,26-22(30)19-9-7-6-8-10-19)27-23(31)20-11-13-21(32-2)14-12-20/h6-14H,15-18H2,1-5H3,(H,26,30)(H,27,31). The van der Waals surface area contributed by atoms with Crippen molar-refractivity contribution in [2.75, 3.05) is 61.7 Å². The van der Waals surface area contributed by atoms with Crippen molar-refractivity contribution in [3.63, 3.8) is 0 Å². The topological polar surface area (TPSA) is 102 Å². The largest absolute Gasteiger partial charge is 0.497 e. The summed E-state index contributed by atoms with van der Waals surface area (Å²) < 4.78 is 23.0. The summed E-state index contributed by atoms with van der Waals surface area (Å²) in [7, 11) is 7.84. The molecule has 1 aliphatic rings. The maximum absolute atomic E-state index is 13.4.